The third-order valence-corrected chi connectivity index (χ3v) is 3.25. The maximum atomic E-state index is 6.23. The van der Waals surface area contributed by atoms with E-state index in [-0.39, 0.29) is 11.5 Å². The summed E-state index contributed by atoms with van der Waals surface area (Å²) in [5.74, 6) is 0.876. The summed E-state index contributed by atoms with van der Waals surface area (Å²) in [7, 11) is 0. The molecule has 0 spiro atoms. The molecule has 2 N–H and O–H groups in total. The Morgan fingerprint density at radius 3 is 2.35 bits per heavy atom. The molecule has 0 aliphatic rings. The summed E-state index contributed by atoms with van der Waals surface area (Å²) in [6, 6.07) is 6.25. The summed E-state index contributed by atoms with van der Waals surface area (Å²) in [5.41, 5.74) is 9.65. The van der Waals surface area contributed by atoms with E-state index >= 15 is 0 Å². The monoisotopic (exact) mass is 231 g/mol. The van der Waals surface area contributed by atoms with E-state index in [1.165, 1.54) is 16.5 Å². The van der Waals surface area contributed by atoms with Gasteiger partial charge in [-0.2, -0.15) is 0 Å². The van der Waals surface area contributed by atoms with Crippen molar-refractivity contribution < 1.29 is 4.42 Å². The van der Waals surface area contributed by atoms with Gasteiger partial charge in [0.1, 0.15) is 11.3 Å². The topological polar surface area (TPSA) is 39.2 Å². The predicted molar refractivity (Wildman–Crippen MR) is 72.1 cm³/mol. The van der Waals surface area contributed by atoms with Crippen LogP contribution >= 0.6 is 0 Å². The summed E-state index contributed by atoms with van der Waals surface area (Å²) in [5, 5.41) is 1.17. The van der Waals surface area contributed by atoms with Gasteiger partial charge < -0.3 is 10.2 Å². The molecule has 0 saturated heterocycles. The van der Waals surface area contributed by atoms with Crippen molar-refractivity contribution in [3.8, 4) is 0 Å². The highest BCUT2D eigenvalue weighted by atomic mass is 16.3. The Kier molecular flexibility index (Phi) is 2.78. The zero-order valence-corrected chi connectivity index (χ0v) is 11.3. The Balaban J connectivity index is 2.56. The summed E-state index contributed by atoms with van der Waals surface area (Å²) in [4.78, 5) is 0. The number of fused-ring (bicyclic) bond motifs is 1. The molecular formula is C15H21NO. The van der Waals surface area contributed by atoms with Gasteiger partial charge in [0, 0.05) is 5.39 Å². The molecule has 1 aromatic heterocycles. The van der Waals surface area contributed by atoms with E-state index in [0.717, 1.165) is 11.3 Å². The van der Waals surface area contributed by atoms with E-state index in [1.54, 1.807) is 0 Å². The fourth-order valence-corrected chi connectivity index (χ4v) is 2.09. The first-order chi connectivity index (χ1) is 7.79. The Morgan fingerprint density at radius 1 is 1.12 bits per heavy atom. The summed E-state index contributed by atoms with van der Waals surface area (Å²) in [6.45, 7) is 10.6. The molecule has 0 radical (unpaired) electrons. The van der Waals surface area contributed by atoms with Crippen LogP contribution in [-0.4, -0.2) is 0 Å². The van der Waals surface area contributed by atoms with Crippen molar-refractivity contribution in [2.24, 2.45) is 11.1 Å². The van der Waals surface area contributed by atoms with Crippen molar-refractivity contribution in [3.05, 3.63) is 35.1 Å². The van der Waals surface area contributed by atoms with Crippen LogP contribution < -0.4 is 5.73 Å². The first-order valence-electron chi connectivity index (χ1n) is 6.05. The second-order valence-electron chi connectivity index (χ2n) is 5.99. The Hall–Kier alpha value is -1.28. The molecule has 2 nitrogen and oxygen atoms in total. The fourth-order valence-electron chi connectivity index (χ4n) is 2.09. The van der Waals surface area contributed by atoms with Crippen LogP contribution in [0.4, 0.5) is 0 Å². The van der Waals surface area contributed by atoms with E-state index in [1.807, 2.05) is 0 Å². The molecule has 17 heavy (non-hydrogen) atoms. The van der Waals surface area contributed by atoms with Crippen molar-refractivity contribution in [3.63, 3.8) is 0 Å². The molecule has 0 amide bonds. The number of hydrogen-bond donors (Lipinski definition) is 1. The Morgan fingerprint density at radius 2 is 1.76 bits per heavy atom. The van der Waals surface area contributed by atoms with Crippen LogP contribution in [0.1, 0.15) is 43.7 Å². The quantitative estimate of drug-likeness (QED) is 0.802. The standard InChI is InChI=1S/C15H21NO/c1-9-6-10(2)11-8-13(17-12(11)7-9)14(16)15(3,4)5/h6-8,14H,16H2,1-5H3. The molecule has 0 fully saturated rings. The molecule has 1 heterocycles. The lowest BCUT2D eigenvalue weighted by atomic mass is 9.86. The zero-order chi connectivity index (χ0) is 12.8. The van der Waals surface area contributed by atoms with Crippen LogP contribution in [0.25, 0.3) is 11.0 Å². The van der Waals surface area contributed by atoms with Crippen molar-refractivity contribution in [1.82, 2.24) is 0 Å². The third kappa shape index (κ3) is 2.22. The molecule has 0 aliphatic carbocycles. The maximum Gasteiger partial charge on any atom is 0.134 e. The largest absolute Gasteiger partial charge is 0.459 e. The smallest absolute Gasteiger partial charge is 0.134 e. The van der Waals surface area contributed by atoms with Crippen molar-refractivity contribution in [2.75, 3.05) is 0 Å². The van der Waals surface area contributed by atoms with Crippen molar-refractivity contribution >= 4 is 11.0 Å². The highest BCUT2D eigenvalue weighted by molar-refractivity contribution is 5.82. The van der Waals surface area contributed by atoms with E-state index in [9.17, 15) is 0 Å². The molecule has 1 atom stereocenters. The van der Waals surface area contributed by atoms with Gasteiger partial charge in [0.2, 0.25) is 0 Å². The van der Waals surface area contributed by atoms with Gasteiger partial charge in [0.15, 0.2) is 0 Å². The summed E-state index contributed by atoms with van der Waals surface area (Å²) in [6.07, 6.45) is 0. The number of benzene rings is 1. The lowest BCUT2D eigenvalue weighted by molar-refractivity contribution is 0.290. The predicted octanol–water partition coefficient (Wildman–Crippen LogP) is 4.10. The minimum Gasteiger partial charge on any atom is -0.459 e. The van der Waals surface area contributed by atoms with E-state index < -0.39 is 0 Å². The average Bonchev–Trinajstić information content (AvgIpc) is 2.58. The molecule has 2 aromatic rings. The second kappa shape index (κ2) is 3.88. The zero-order valence-electron chi connectivity index (χ0n) is 11.3. The minimum atomic E-state index is -0.0744. The number of furan rings is 1. The molecule has 1 unspecified atom stereocenters. The van der Waals surface area contributed by atoms with E-state index in [2.05, 4.69) is 52.8 Å². The van der Waals surface area contributed by atoms with Gasteiger partial charge in [-0.15, -0.1) is 0 Å². The van der Waals surface area contributed by atoms with Gasteiger partial charge >= 0.3 is 0 Å². The van der Waals surface area contributed by atoms with E-state index in [4.69, 9.17) is 10.2 Å². The molecule has 92 valence electrons. The Bertz CT molecular complexity index is 546. The van der Waals surface area contributed by atoms with Crippen LogP contribution in [0.15, 0.2) is 22.6 Å². The highest BCUT2D eigenvalue weighted by Gasteiger charge is 2.25. The first kappa shape index (κ1) is 12.2. The number of nitrogens with two attached hydrogens (primary N) is 1. The lowest BCUT2D eigenvalue weighted by Gasteiger charge is -2.24. The van der Waals surface area contributed by atoms with Crippen LogP contribution in [0.5, 0.6) is 0 Å². The van der Waals surface area contributed by atoms with Gasteiger partial charge in [-0.3, -0.25) is 0 Å². The van der Waals surface area contributed by atoms with Gasteiger partial charge in [0.25, 0.3) is 0 Å². The van der Waals surface area contributed by atoms with Gasteiger partial charge in [-0.05, 0) is 42.5 Å². The number of rotatable bonds is 1. The van der Waals surface area contributed by atoms with Gasteiger partial charge in [-0.1, -0.05) is 26.8 Å². The summed E-state index contributed by atoms with van der Waals surface area (Å²) >= 11 is 0. The number of hydrogen-bond acceptors (Lipinski definition) is 2. The second-order valence-corrected chi connectivity index (χ2v) is 5.99. The van der Waals surface area contributed by atoms with Crippen LogP contribution in [0.3, 0.4) is 0 Å². The van der Waals surface area contributed by atoms with Crippen molar-refractivity contribution in [1.29, 1.82) is 0 Å². The average molecular weight is 231 g/mol. The fraction of sp³-hybridized carbons (Fsp3) is 0.467. The van der Waals surface area contributed by atoms with Crippen molar-refractivity contribution in [2.45, 2.75) is 40.7 Å². The molecular weight excluding hydrogens is 210 g/mol. The normalized spacial score (nSPS) is 14.2. The lowest BCUT2D eigenvalue weighted by Crippen LogP contribution is -2.25. The van der Waals surface area contributed by atoms with Crippen LogP contribution in [-0.2, 0) is 0 Å². The first-order valence-corrected chi connectivity index (χ1v) is 6.05. The minimum absolute atomic E-state index is 0.0107. The van der Waals surface area contributed by atoms with E-state index in [0.29, 0.717) is 0 Å². The molecule has 1 aromatic carbocycles. The summed E-state index contributed by atoms with van der Waals surface area (Å²) < 4.78 is 5.89. The molecule has 0 bridgehead atoms. The molecule has 0 aliphatic heterocycles. The molecule has 2 rings (SSSR count). The van der Waals surface area contributed by atoms with Crippen LogP contribution in [0, 0.1) is 19.3 Å². The molecule has 2 heteroatoms. The third-order valence-electron chi connectivity index (χ3n) is 3.25. The maximum absolute atomic E-state index is 6.23. The molecule has 0 saturated carbocycles. The highest BCUT2D eigenvalue weighted by Crippen LogP contribution is 2.34. The number of aryl methyl sites for hydroxylation is 2. The van der Waals surface area contributed by atoms with Gasteiger partial charge in [0.05, 0.1) is 6.04 Å². The Labute approximate surface area is 103 Å². The van der Waals surface area contributed by atoms with Crippen LogP contribution in [0.2, 0.25) is 0 Å². The van der Waals surface area contributed by atoms with Gasteiger partial charge in [-0.25, -0.2) is 0 Å². The SMILES string of the molecule is Cc1cc(C)c2cc(C(N)C(C)(C)C)oc2c1.